The minimum atomic E-state index is -0.347. The van der Waals surface area contributed by atoms with Gasteiger partial charge in [0.15, 0.2) is 0 Å². The number of nitrogens with two attached hydrogens (primary N) is 1. The molecule has 0 aliphatic rings. The Kier molecular flexibility index (Phi) is 4.14. The zero-order valence-electron chi connectivity index (χ0n) is 10.7. The van der Waals surface area contributed by atoms with Crippen LogP contribution in [0.2, 0.25) is 0 Å². The Morgan fingerprint density at radius 2 is 1.89 bits per heavy atom. The number of carbonyl (C=O) groups is 2. The zero-order valence-corrected chi connectivity index (χ0v) is 10.7. The first-order valence-electron chi connectivity index (χ1n) is 5.37. The molecule has 1 rings (SSSR count). The fourth-order valence-electron chi connectivity index (χ4n) is 1.31. The van der Waals surface area contributed by atoms with E-state index in [9.17, 15) is 14.7 Å². The minimum absolute atomic E-state index is 0.0169. The van der Waals surface area contributed by atoms with Crippen molar-refractivity contribution in [1.29, 1.82) is 0 Å². The number of nitrogens with zero attached hydrogens (tertiary/aromatic N) is 2. The SMILES string of the molecule is CN(C)C(=O)CN(C)C(=O)c1ccc(N)c(O)c1. The van der Waals surface area contributed by atoms with Gasteiger partial charge in [-0.3, -0.25) is 9.59 Å². The molecule has 0 unspecified atom stereocenters. The second-order valence-electron chi connectivity index (χ2n) is 4.22. The summed E-state index contributed by atoms with van der Waals surface area (Å²) >= 11 is 0. The van der Waals surface area contributed by atoms with E-state index in [0.717, 1.165) is 0 Å². The van der Waals surface area contributed by atoms with E-state index in [1.54, 1.807) is 14.1 Å². The van der Waals surface area contributed by atoms with Gasteiger partial charge in [0, 0.05) is 26.7 Å². The van der Waals surface area contributed by atoms with E-state index in [1.165, 1.54) is 35.0 Å². The summed E-state index contributed by atoms with van der Waals surface area (Å²) in [4.78, 5) is 26.1. The molecule has 18 heavy (non-hydrogen) atoms. The fraction of sp³-hybridized carbons (Fsp3) is 0.333. The third-order valence-electron chi connectivity index (χ3n) is 2.50. The van der Waals surface area contributed by atoms with Crippen LogP contribution in [0.1, 0.15) is 10.4 Å². The topological polar surface area (TPSA) is 86.9 Å². The van der Waals surface area contributed by atoms with Gasteiger partial charge in [-0.05, 0) is 18.2 Å². The third kappa shape index (κ3) is 3.13. The van der Waals surface area contributed by atoms with E-state index in [-0.39, 0.29) is 35.4 Å². The van der Waals surface area contributed by atoms with Crippen LogP contribution in [0.3, 0.4) is 0 Å². The standard InChI is InChI=1S/C12H17N3O3/c1-14(2)11(17)7-15(3)12(18)8-4-5-9(13)10(16)6-8/h4-6,16H,7,13H2,1-3H3. The monoisotopic (exact) mass is 251 g/mol. The lowest BCUT2D eigenvalue weighted by molar-refractivity contribution is -0.129. The Labute approximate surface area is 106 Å². The van der Waals surface area contributed by atoms with Gasteiger partial charge in [-0.25, -0.2) is 0 Å². The van der Waals surface area contributed by atoms with Crippen LogP contribution in [-0.4, -0.2) is 54.4 Å². The second kappa shape index (κ2) is 5.39. The van der Waals surface area contributed by atoms with E-state index in [2.05, 4.69) is 0 Å². The average Bonchev–Trinajstić information content (AvgIpc) is 2.31. The first kappa shape index (κ1) is 13.8. The molecular formula is C12H17N3O3. The number of amides is 2. The Balaban J connectivity index is 2.80. The highest BCUT2D eigenvalue weighted by atomic mass is 16.3. The molecular weight excluding hydrogens is 234 g/mol. The molecule has 6 nitrogen and oxygen atoms in total. The predicted octanol–water partition coefficient (Wildman–Crippen LogP) is 0.135. The molecule has 0 atom stereocenters. The van der Waals surface area contributed by atoms with Crippen molar-refractivity contribution < 1.29 is 14.7 Å². The first-order valence-corrected chi connectivity index (χ1v) is 5.37. The number of hydrogen-bond donors (Lipinski definition) is 2. The molecule has 2 amide bonds. The molecule has 0 saturated carbocycles. The maximum Gasteiger partial charge on any atom is 0.254 e. The van der Waals surface area contributed by atoms with Crippen molar-refractivity contribution in [3.63, 3.8) is 0 Å². The molecule has 6 heteroatoms. The van der Waals surface area contributed by atoms with Crippen LogP contribution in [0, 0.1) is 0 Å². The lowest BCUT2D eigenvalue weighted by Gasteiger charge is -2.19. The van der Waals surface area contributed by atoms with Gasteiger partial charge >= 0.3 is 0 Å². The number of phenolic OH excluding ortho intramolecular Hbond substituents is 1. The van der Waals surface area contributed by atoms with Gasteiger partial charge in [-0.15, -0.1) is 0 Å². The number of anilines is 1. The van der Waals surface area contributed by atoms with E-state index in [0.29, 0.717) is 0 Å². The number of nitrogen functional groups attached to an aromatic ring is 1. The minimum Gasteiger partial charge on any atom is -0.506 e. The molecule has 0 heterocycles. The van der Waals surface area contributed by atoms with Crippen LogP contribution < -0.4 is 5.73 Å². The predicted molar refractivity (Wildman–Crippen MR) is 68.2 cm³/mol. The lowest BCUT2D eigenvalue weighted by atomic mass is 10.1. The molecule has 0 aliphatic carbocycles. The van der Waals surface area contributed by atoms with Gasteiger partial charge in [0.1, 0.15) is 5.75 Å². The number of benzene rings is 1. The first-order chi connectivity index (χ1) is 8.32. The normalized spacial score (nSPS) is 9.94. The Bertz CT molecular complexity index is 472. The fourth-order valence-corrected chi connectivity index (χ4v) is 1.31. The molecule has 1 aromatic carbocycles. The van der Waals surface area contributed by atoms with Crippen molar-refractivity contribution in [1.82, 2.24) is 9.80 Å². The van der Waals surface area contributed by atoms with E-state index < -0.39 is 0 Å². The second-order valence-corrected chi connectivity index (χ2v) is 4.22. The zero-order chi connectivity index (χ0) is 13.9. The maximum absolute atomic E-state index is 12.0. The van der Waals surface area contributed by atoms with Crippen molar-refractivity contribution in [2.24, 2.45) is 0 Å². The Morgan fingerprint density at radius 1 is 1.28 bits per heavy atom. The largest absolute Gasteiger partial charge is 0.506 e. The van der Waals surface area contributed by atoms with Crippen molar-refractivity contribution in [2.75, 3.05) is 33.4 Å². The summed E-state index contributed by atoms with van der Waals surface area (Å²) in [6, 6.07) is 4.24. The van der Waals surface area contributed by atoms with Crippen LogP contribution in [-0.2, 0) is 4.79 Å². The summed E-state index contributed by atoms with van der Waals surface area (Å²) in [6.07, 6.45) is 0. The highest BCUT2D eigenvalue weighted by molar-refractivity contribution is 5.97. The van der Waals surface area contributed by atoms with Gasteiger partial charge in [-0.1, -0.05) is 0 Å². The number of phenols is 1. The number of carbonyl (C=O) groups excluding carboxylic acids is 2. The quantitative estimate of drug-likeness (QED) is 0.590. The highest BCUT2D eigenvalue weighted by Crippen LogP contribution is 2.21. The summed E-state index contributed by atoms with van der Waals surface area (Å²) in [6.45, 7) is -0.0169. The van der Waals surface area contributed by atoms with Crippen LogP contribution in [0.4, 0.5) is 5.69 Å². The van der Waals surface area contributed by atoms with Gasteiger partial charge < -0.3 is 20.6 Å². The summed E-state index contributed by atoms with van der Waals surface area (Å²) in [5.74, 6) is -0.667. The van der Waals surface area contributed by atoms with Gasteiger partial charge in [0.2, 0.25) is 5.91 Å². The molecule has 0 radical (unpaired) electrons. The molecule has 0 bridgehead atoms. The van der Waals surface area contributed by atoms with Gasteiger partial charge in [0.25, 0.3) is 5.91 Å². The van der Waals surface area contributed by atoms with Crippen LogP contribution in [0.5, 0.6) is 5.75 Å². The van der Waals surface area contributed by atoms with Gasteiger partial charge in [0.05, 0.1) is 12.2 Å². The average molecular weight is 251 g/mol. The van der Waals surface area contributed by atoms with Crippen molar-refractivity contribution in [3.05, 3.63) is 23.8 Å². The molecule has 0 aliphatic heterocycles. The third-order valence-corrected chi connectivity index (χ3v) is 2.50. The molecule has 0 aromatic heterocycles. The highest BCUT2D eigenvalue weighted by Gasteiger charge is 2.16. The summed E-state index contributed by atoms with van der Waals surface area (Å²) in [5, 5.41) is 9.43. The van der Waals surface area contributed by atoms with Gasteiger partial charge in [-0.2, -0.15) is 0 Å². The van der Waals surface area contributed by atoms with Crippen LogP contribution >= 0.6 is 0 Å². The number of rotatable bonds is 3. The summed E-state index contributed by atoms with van der Waals surface area (Å²) in [7, 11) is 4.77. The number of aromatic hydroxyl groups is 1. The summed E-state index contributed by atoms with van der Waals surface area (Å²) < 4.78 is 0. The molecule has 3 N–H and O–H groups in total. The number of likely N-dealkylation sites (N-methyl/N-ethyl adjacent to an activating group) is 2. The Hall–Kier alpha value is -2.24. The lowest BCUT2D eigenvalue weighted by Crippen LogP contribution is -2.37. The van der Waals surface area contributed by atoms with Crippen LogP contribution in [0.25, 0.3) is 0 Å². The van der Waals surface area contributed by atoms with Crippen molar-refractivity contribution >= 4 is 17.5 Å². The molecule has 0 spiro atoms. The van der Waals surface area contributed by atoms with Crippen molar-refractivity contribution in [3.8, 4) is 5.75 Å². The maximum atomic E-state index is 12.0. The smallest absolute Gasteiger partial charge is 0.254 e. The number of hydrogen-bond acceptors (Lipinski definition) is 4. The van der Waals surface area contributed by atoms with E-state index >= 15 is 0 Å². The van der Waals surface area contributed by atoms with Crippen molar-refractivity contribution in [2.45, 2.75) is 0 Å². The van der Waals surface area contributed by atoms with Crippen LogP contribution in [0.15, 0.2) is 18.2 Å². The van der Waals surface area contributed by atoms with E-state index in [1.807, 2.05) is 0 Å². The Morgan fingerprint density at radius 3 is 2.39 bits per heavy atom. The molecule has 0 fully saturated rings. The van der Waals surface area contributed by atoms with E-state index in [4.69, 9.17) is 5.73 Å². The molecule has 98 valence electrons. The summed E-state index contributed by atoms with van der Waals surface area (Å²) in [5.41, 5.74) is 5.94. The molecule has 1 aromatic rings. The molecule has 0 saturated heterocycles.